The SMILES string of the molecule is O=C(O)c1ccc(CNc2cc(Br)ccc2Cl)cc1F. The van der Waals surface area contributed by atoms with Crippen LogP contribution >= 0.6 is 27.5 Å². The first-order valence-electron chi connectivity index (χ1n) is 5.68. The van der Waals surface area contributed by atoms with Gasteiger partial charge in [0.05, 0.1) is 16.3 Å². The summed E-state index contributed by atoms with van der Waals surface area (Å²) in [5.74, 6) is -2.03. The summed E-state index contributed by atoms with van der Waals surface area (Å²) in [6.45, 7) is 0.340. The molecule has 0 spiro atoms. The first-order chi connectivity index (χ1) is 9.47. The quantitative estimate of drug-likeness (QED) is 0.843. The Balaban J connectivity index is 2.13. The molecule has 20 heavy (non-hydrogen) atoms. The topological polar surface area (TPSA) is 49.3 Å². The highest BCUT2D eigenvalue weighted by atomic mass is 79.9. The van der Waals surface area contributed by atoms with Gasteiger partial charge in [-0.25, -0.2) is 9.18 Å². The van der Waals surface area contributed by atoms with Crippen molar-refractivity contribution in [1.82, 2.24) is 0 Å². The van der Waals surface area contributed by atoms with Crippen molar-refractivity contribution in [2.45, 2.75) is 6.54 Å². The van der Waals surface area contributed by atoms with E-state index >= 15 is 0 Å². The highest BCUT2D eigenvalue weighted by Crippen LogP contribution is 2.26. The fraction of sp³-hybridized carbons (Fsp3) is 0.0714. The van der Waals surface area contributed by atoms with Crippen molar-refractivity contribution in [2.75, 3.05) is 5.32 Å². The van der Waals surface area contributed by atoms with Crippen LogP contribution in [-0.4, -0.2) is 11.1 Å². The Bertz CT molecular complexity index is 664. The predicted molar refractivity (Wildman–Crippen MR) is 79.8 cm³/mol. The minimum Gasteiger partial charge on any atom is -0.478 e. The number of benzene rings is 2. The van der Waals surface area contributed by atoms with Gasteiger partial charge < -0.3 is 10.4 Å². The van der Waals surface area contributed by atoms with Crippen LogP contribution in [0.5, 0.6) is 0 Å². The second-order valence-corrected chi connectivity index (χ2v) is 5.42. The average Bonchev–Trinajstić information content (AvgIpc) is 2.39. The molecule has 0 heterocycles. The van der Waals surface area contributed by atoms with Gasteiger partial charge in [-0.2, -0.15) is 0 Å². The largest absolute Gasteiger partial charge is 0.478 e. The Hall–Kier alpha value is -1.59. The third-order valence-electron chi connectivity index (χ3n) is 2.68. The Morgan fingerprint density at radius 3 is 2.70 bits per heavy atom. The van der Waals surface area contributed by atoms with Gasteiger partial charge in [0, 0.05) is 11.0 Å². The van der Waals surface area contributed by atoms with E-state index in [9.17, 15) is 9.18 Å². The highest BCUT2D eigenvalue weighted by molar-refractivity contribution is 9.10. The summed E-state index contributed by atoms with van der Waals surface area (Å²) < 4.78 is 14.4. The molecule has 0 aliphatic heterocycles. The second kappa shape index (κ2) is 6.24. The maximum Gasteiger partial charge on any atom is 0.338 e. The van der Waals surface area contributed by atoms with E-state index < -0.39 is 11.8 Å². The number of halogens is 3. The van der Waals surface area contributed by atoms with Gasteiger partial charge in [-0.05, 0) is 35.9 Å². The molecule has 104 valence electrons. The molecule has 0 atom stereocenters. The second-order valence-electron chi connectivity index (χ2n) is 4.10. The van der Waals surface area contributed by atoms with Crippen molar-refractivity contribution in [3.8, 4) is 0 Å². The minimum atomic E-state index is -1.28. The number of hydrogen-bond acceptors (Lipinski definition) is 2. The summed E-state index contributed by atoms with van der Waals surface area (Å²) in [4.78, 5) is 10.7. The molecule has 0 aliphatic rings. The van der Waals surface area contributed by atoms with E-state index in [-0.39, 0.29) is 5.56 Å². The van der Waals surface area contributed by atoms with Crippen molar-refractivity contribution in [3.05, 3.63) is 62.8 Å². The summed E-state index contributed by atoms with van der Waals surface area (Å²) in [5, 5.41) is 12.4. The summed E-state index contributed by atoms with van der Waals surface area (Å²) in [5.41, 5.74) is 1.00. The van der Waals surface area contributed by atoms with Gasteiger partial charge in [-0.3, -0.25) is 0 Å². The highest BCUT2D eigenvalue weighted by Gasteiger charge is 2.10. The molecule has 0 fully saturated rings. The van der Waals surface area contributed by atoms with Gasteiger partial charge in [0.15, 0.2) is 0 Å². The predicted octanol–water partition coefficient (Wildman–Crippen LogP) is 4.55. The fourth-order valence-electron chi connectivity index (χ4n) is 1.67. The lowest BCUT2D eigenvalue weighted by Gasteiger charge is -2.09. The zero-order valence-electron chi connectivity index (χ0n) is 10.2. The van der Waals surface area contributed by atoms with Crippen molar-refractivity contribution in [1.29, 1.82) is 0 Å². The van der Waals surface area contributed by atoms with Gasteiger partial charge in [-0.15, -0.1) is 0 Å². The normalized spacial score (nSPS) is 10.3. The lowest BCUT2D eigenvalue weighted by Crippen LogP contribution is -2.04. The summed E-state index contributed by atoms with van der Waals surface area (Å²) >= 11 is 9.36. The van der Waals surface area contributed by atoms with Crippen molar-refractivity contribution >= 4 is 39.2 Å². The van der Waals surface area contributed by atoms with E-state index in [1.165, 1.54) is 12.1 Å². The van der Waals surface area contributed by atoms with Crippen LogP contribution in [-0.2, 0) is 6.54 Å². The number of nitrogens with one attached hydrogen (secondary N) is 1. The maximum absolute atomic E-state index is 13.5. The molecule has 3 nitrogen and oxygen atoms in total. The zero-order chi connectivity index (χ0) is 14.7. The molecule has 2 rings (SSSR count). The Labute approximate surface area is 128 Å². The van der Waals surface area contributed by atoms with Gasteiger partial charge in [0.2, 0.25) is 0 Å². The molecule has 0 aromatic heterocycles. The number of carboxylic acids is 1. The van der Waals surface area contributed by atoms with Crippen LogP contribution in [0.25, 0.3) is 0 Å². The Morgan fingerprint density at radius 2 is 2.05 bits per heavy atom. The summed E-state index contributed by atoms with van der Waals surface area (Å²) in [6, 6.07) is 9.37. The molecule has 2 aromatic carbocycles. The number of hydrogen-bond donors (Lipinski definition) is 2. The van der Waals surface area contributed by atoms with Crippen LogP contribution in [0.3, 0.4) is 0 Å². The molecular formula is C14H10BrClFNO2. The molecule has 0 saturated carbocycles. The molecule has 2 N–H and O–H groups in total. The van der Waals surface area contributed by atoms with E-state index in [0.717, 1.165) is 4.47 Å². The number of anilines is 1. The first-order valence-corrected chi connectivity index (χ1v) is 6.85. The van der Waals surface area contributed by atoms with E-state index in [0.29, 0.717) is 22.8 Å². The molecule has 0 bridgehead atoms. The summed E-state index contributed by atoms with van der Waals surface area (Å²) in [6.07, 6.45) is 0. The van der Waals surface area contributed by atoms with Crippen LogP contribution in [0.1, 0.15) is 15.9 Å². The molecule has 0 aliphatic carbocycles. The standard InChI is InChI=1S/C14H10BrClFNO2/c15-9-2-4-11(16)13(6-9)18-7-8-1-3-10(14(19)20)12(17)5-8/h1-6,18H,7H2,(H,19,20). The Morgan fingerprint density at radius 1 is 1.30 bits per heavy atom. The zero-order valence-corrected chi connectivity index (χ0v) is 12.5. The van der Waals surface area contributed by atoms with E-state index in [4.69, 9.17) is 16.7 Å². The molecule has 6 heteroatoms. The fourth-order valence-corrected chi connectivity index (χ4v) is 2.22. The number of aromatic carboxylic acids is 1. The van der Waals surface area contributed by atoms with E-state index in [2.05, 4.69) is 21.2 Å². The first kappa shape index (κ1) is 14.8. The van der Waals surface area contributed by atoms with Crippen LogP contribution in [0, 0.1) is 5.82 Å². The van der Waals surface area contributed by atoms with E-state index in [1.807, 2.05) is 12.1 Å². The average molecular weight is 359 g/mol. The van der Waals surface area contributed by atoms with Crippen molar-refractivity contribution in [3.63, 3.8) is 0 Å². The molecule has 0 amide bonds. The molecule has 0 saturated heterocycles. The smallest absolute Gasteiger partial charge is 0.338 e. The van der Waals surface area contributed by atoms with Gasteiger partial charge in [0.1, 0.15) is 5.82 Å². The summed E-state index contributed by atoms with van der Waals surface area (Å²) in [7, 11) is 0. The van der Waals surface area contributed by atoms with Gasteiger partial charge in [0.25, 0.3) is 0 Å². The molecule has 2 aromatic rings. The third kappa shape index (κ3) is 3.49. The molecular weight excluding hydrogens is 349 g/mol. The molecule has 0 radical (unpaired) electrons. The van der Waals surface area contributed by atoms with Gasteiger partial charge in [-0.1, -0.05) is 33.6 Å². The lowest BCUT2D eigenvalue weighted by atomic mass is 10.1. The van der Waals surface area contributed by atoms with Crippen LogP contribution in [0.4, 0.5) is 10.1 Å². The van der Waals surface area contributed by atoms with E-state index in [1.54, 1.807) is 12.1 Å². The maximum atomic E-state index is 13.5. The van der Waals surface area contributed by atoms with Crippen LogP contribution in [0.2, 0.25) is 5.02 Å². The number of carboxylic acid groups (broad SMARTS) is 1. The number of carbonyl (C=O) groups is 1. The third-order valence-corrected chi connectivity index (χ3v) is 3.50. The minimum absolute atomic E-state index is 0.339. The van der Waals surface area contributed by atoms with Crippen molar-refractivity contribution < 1.29 is 14.3 Å². The van der Waals surface area contributed by atoms with Crippen molar-refractivity contribution in [2.24, 2.45) is 0 Å². The van der Waals surface area contributed by atoms with Crippen LogP contribution in [0.15, 0.2) is 40.9 Å². The lowest BCUT2D eigenvalue weighted by molar-refractivity contribution is 0.0692. The Kier molecular flexibility index (Phi) is 4.62. The van der Waals surface area contributed by atoms with Crippen LogP contribution < -0.4 is 5.32 Å². The molecule has 0 unspecified atom stereocenters. The monoisotopic (exact) mass is 357 g/mol. The number of rotatable bonds is 4. The van der Waals surface area contributed by atoms with Gasteiger partial charge >= 0.3 is 5.97 Å².